The van der Waals surface area contributed by atoms with Crippen molar-refractivity contribution in [1.82, 2.24) is 0 Å². The quantitative estimate of drug-likeness (QED) is 0.796. The molecule has 124 valence electrons. The Morgan fingerprint density at radius 1 is 1.13 bits per heavy atom. The average molecular weight is 317 g/mol. The van der Waals surface area contributed by atoms with E-state index in [9.17, 15) is 5.26 Å². The Hall–Kier alpha value is -1.32. The summed E-state index contributed by atoms with van der Waals surface area (Å²) in [6, 6.07) is 10.2. The maximum atomic E-state index is 9.26. The number of benzene rings is 1. The van der Waals surface area contributed by atoms with Crippen LogP contribution in [0.2, 0.25) is 0 Å². The van der Waals surface area contributed by atoms with E-state index < -0.39 is 13.1 Å². The second kappa shape index (κ2) is 7.06. The van der Waals surface area contributed by atoms with Crippen LogP contribution in [0.4, 0.5) is 0 Å². The van der Waals surface area contributed by atoms with E-state index in [0.717, 1.165) is 11.0 Å². The van der Waals surface area contributed by atoms with Gasteiger partial charge < -0.3 is 19.4 Å². The fraction of sp³-hybridized carbons (Fsp3) is 0.562. The second-order valence-corrected chi connectivity index (χ2v) is 7.09. The van der Waals surface area contributed by atoms with Crippen molar-refractivity contribution in [2.75, 3.05) is 0 Å². The minimum atomic E-state index is -0.750. The molecule has 0 amide bonds. The summed E-state index contributed by atoms with van der Waals surface area (Å²) in [5, 5.41) is 23.5. The first-order chi connectivity index (χ1) is 10.5. The van der Waals surface area contributed by atoms with Crippen molar-refractivity contribution < 1.29 is 19.4 Å². The topological polar surface area (TPSA) is 82.7 Å². The molecule has 1 heterocycles. The summed E-state index contributed by atoms with van der Waals surface area (Å²) in [6.07, 6.45) is 0. The fourth-order valence-electron chi connectivity index (χ4n) is 2.12. The normalized spacial score (nSPS) is 18.7. The molecule has 1 aromatic rings. The van der Waals surface area contributed by atoms with E-state index in [1.807, 2.05) is 65.8 Å². The molecule has 2 N–H and O–H groups in total. The van der Waals surface area contributed by atoms with E-state index in [2.05, 4.69) is 6.07 Å². The first kappa shape index (κ1) is 19.7. The summed E-state index contributed by atoms with van der Waals surface area (Å²) < 4.78 is 12.1. The van der Waals surface area contributed by atoms with Crippen LogP contribution in [-0.2, 0) is 14.7 Å². The number of hydrogen-bond donors (Lipinski definition) is 2. The van der Waals surface area contributed by atoms with Gasteiger partial charge in [0.05, 0.1) is 22.7 Å². The molecule has 0 spiro atoms. The molecule has 0 saturated carbocycles. The molecular formula is C16H25B2NO4. The minimum absolute atomic E-state index is 0.349. The van der Waals surface area contributed by atoms with E-state index in [0.29, 0.717) is 0 Å². The highest BCUT2D eigenvalue weighted by Crippen LogP contribution is 2.36. The monoisotopic (exact) mass is 317 g/mol. The molecule has 1 saturated heterocycles. The predicted molar refractivity (Wildman–Crippen MR) is 92.4 cm³/mol. The maximum Gasteiger partial charge on any atom is 0.494 e. The van der Waals surface area contributed by atoms with Crippen LogP contribution in [0.1, 0.15) is 47.1 Å². The third-order valence-corrected chi connectivity index (χ3v) is 4.41. The summed E-state index contributed by atoms with van der Waals surface area (Å²) in [4.78, 5) is 0. The lowest BCUT2D eigenvalue weighted by atomic mass is 9.75. The molecular weight excluding hydrogens is 292 g/mol. The van der Waals surface area contributed by atoms with Gasteiger partial charge in [-0.3, -0.25) is 0 Å². The average Bonchev–Trinajstić information content (AvgIpc) is 2.68. The van der Waals surface area contributed by atoms with Crippen molar-refractivity contribution in [3.8, 4) is 6.07 Å². The van der Waals surface area contributed by atoms with E-state index in [1.165, 1.54) is 0 Å². The van der Waals surface area contributed by atoms with Gasteiger partial charge in [-0.25, -0.2) is 0 Å². The molecule has 5 nitrogen and oxygen atoms in total. The van der Waals surface area contributed by atoms with Gasteiger partial charge in [-0.1, -0.05) is 24.3 Å². The SMILES string of the molecule is CC(C)(C#N)c1cccc(B2OC(C)(C)C(C)(C)O2)c1.OBO. The van der Waals surface area contributed by atoms with Crippen molar-refractivity contribution in [2.24, 2.45) is 0 Å². The molecule has 0 radical (unpaired) electrons. The Kier molecular flexibility index (Phi) is 6.06. The molecule has 1 fully saturated rings. The minimum Gasteiger partial charge on any atom is -0.430 e. The summed E-state index contributed by atoms with van der Waals surface area (Å²) in [7, 11) is -1.13. The Labute approximate surface area is 139 Å². The Bertz CT molecular complexity index is 566. The van der Waals surface area contributed by atoms with E-state index in [4.69, 9.17) is 19.4 Å². The van der Waals surface area contributed by atoms with Crippen molar-refractivity contribution in [3.63, 3.8) is 0 Å². The zero-order chi connectivity index (χ0) is 17.9. The van der Waals surface area contributed by atoms with Gasteiger partial charge in [0.15, 0.2) is 0 Å². The van der Waals surface area contributed by atoms with Crippen LogP contribution in [0.3, 0.4) is 0 Å². The fourth-order valence-corrected chi connectivity index (χ4v) is 2.12. The second-order valence-electron chi connectivity index (χ2n) is 7.09. The highest BCUT2D eigenvalue weighted by atomic mass is 16.7. The highest BCUT2D eigenvalue weighted by molar-refractivity contribution is 6.62. The lowest BCUT2D eigenvalue weighted by molar-refractivity contribution is 0.00578. The number of nitriles is 1. The molecule has 0 aromatic heterocycles. The first-order valence-corrected chi connectivity index (χ1v) is 7.60. The van der Waals surface area contributed by atoms with Gasteiger partial charge in [0, 0.05) is 0 Å². The first-order valence-electron chi connectivity index (χ1n) is 7.60. The molecule has 0 bridgehead atoms. The summed E-state index contributed by atoms with van der Waals surface area (Å²) >= 11 is 0. The van der Waals surface area contributed by atoms with Crippen molar-refractivity contribution in [2.45, 2.75) is 58.2 Å². The van der Waals surface area contributed by atoms with Crippen molar-refractivity contribution in [3.05, 3.63) is 29.8 Å². The number of nitrogens with zero attached hydrogens (tertiary/aromatic N) is 1. The standard InChI is InChI=1S/C16H22BNO2.BH3O2/c1-14(2,11-18)12-8-7-9-13(10-12)17-19-15(3,4)16(5,6)20-17;2-1-3/h7-10H,1-6H3;1-3H. The smallest absolute Gasteiger partial charge is 0.430 e. The van der Waals surface area contributed by atoms with Crippen LogP contribution in [0, 0.1) is 11.3 Å². The third kappa shape index (κ3) is 4.36. The lowest BCUT2D eigenvalue weighted by Gasteiger charge is -2.32. The Morgan fingerprint density at radius 2 is 1.61 bits per heavy atom. The predicted octanol–water partition coefficient (Wildman–Crippen LogP) is 1.02. The molecule has 1 aromatic carbocycles. The van der Waals surface area contributed by atoms with Crippen LogP contribution >= 0.6 is 0 Å². The van der Waals surface area contributed by atoms with Gasteiger partial charge in [0.2, 0.25) is 0 Å². The number of rotatable bonds is 2. The zero-order valence-electron chi connectivity index (χ0n) is 14.8. The third-order valence-electron chi connectivity index (χ3n) is 4.41. The van der Waals surface area contributed by atoms with Gasteiger partial charge in [-0.05, 0) is 52.6 Å². The molecule has 0 atom stereocenters. The molecule has 7 heteroatoms. The zero-order valence-corrected chi connectivity index (χ0v) is 14.8. The summed E-state index contributed by atoms with van der Waals surface area (Å²) in [6.45, 7) is 12.0. The largest absolute Gasteiger partial charge is 0.494 e. The molecule has 23 heavy (non-hydrogen) atoms. The van der Waals surface area contributed by atoms with Gasteiger partial charge in [0.1, 0.15) is 0 Å². The van der Waals surface area contributed by atoms with Crippen molar-refractivity contribution >= 4 is 20.3 Å². The maximum absolute atomic E-state index is 9.26. The molecule has 1 aliphatic rings. The Balaban J connectivity index is 0.000000816. The molecule has 1 aliphatic heterocycles. The van der Waals surface area contributed by atoms with Crippen LogP contribution in [-0.4, -0.2) is 36.1 Å². The van der Waals surface area contributed by atoms with E-state index in [-0.39, 0.29) is 18.3 Å². The molecule has 0 aliphatic carbocycles. The molecule has 2 rings (SSSR count). The van der Waals surface area contributed by atoms with Crippen LogP contribution < -0.4 is 5.46 Å². The lowest BCUT2D eigenvalue weighted by Crippen LogP contribution is -2.41. The summed E-state index contributed by atoms with van der Waals surface area (Å²) in [5.74, 6) is 0. The van der Waals surface area contributed by atoms with Crippen LogP contribution in [0.5, 0.6) is 0 Å². The Morgan fingerprint density at radius 3 is 2.04 bits per heavy atom. The van der Waals surface area contributed by atoms with Gasteiger partial charge in [-0.15, -0.1) is 0 Å². The summed E-state index contributed by atoms with van der Waals surface area (Å²) in [5.41, 5.74) is 0.730. The van der Waals surface area contributed by atoms with E-state index >= 15 is 0 Å². The van der Waals surface area contributed by atoms with Crippen LogP contribution in [0.25, 0.3) is 0 Å². The van der Waals surface area contributed by atoms with Gasteiger partial charge in [-0.2, -0.15) is 5.26 Å². The number of hydrogen-bond acceptors (Lipinski definition) is 5. The highest BCUT2D eigenvalue weighted by Gasteiger charge is 2.51. The van der Waals surface area contributed by atoms with Gasteiger partial charge >= 0.3 is 14.8 Å². The van der Waals surface area contributed by atoms with Crippen molar-refractivity contribution in [1.29, 1.82) is 5.26 Å². The molecule has 0 unspecified atom stereocenters. The van der Waals surface area contributed by atoms with Crippen LogP contribution in [0.15, 0.2) is 24.3 Å². The van der Waals surface area contributed by atoms with Gasteiger partial charge in [0.25, 0.3) is 0 Å². The van der Waals surface area contributed by atoms with E-state index in [1.54, 1.807) is 0 Å².